The SMILES string of the molecule is Cc1ccc(C(C)C)cc1OCCN.[Cl-]. The van der Waals surface area contributed by atoms with E-state index in [1.807, 2.05) is 0 Å². The van der Waals surface area contributed by atoms with Crippen LogP contribution in [0, 0.1) is 6.92 Å². The van der Waals surface area contributed by atoms with Gasteiger partial charge in [-0.1, -0.05) is 26.0 Å². The zero-order valence-corrected chi connectivity index (χ0v) is 10.3. The van der Waals surface area contributed by atoms with Gasteiger partial charge in [0.1, 0.15) is 12.4 Å². The second kappa shape index (κ2) is 6.70. The number of rotatable bonds is 4. The van der Waals surface area contributed by atoms with Crippen molar-refractivity contribution in [2.45, 2.75) is 26.7 Å². The second-order valence-corrected chi connectivity index (χ2v) is 3.82. The summed E-state index contributed by atoms with van der Waals surface area (Å²) in [7, 11) is 0. The number of aryl methyl sites for hydroxylation is 1. The van der Waals surface area contributed by atoms with E-state index in [0.29, 0.717) is 19.1 Å². The number of nitrogens with two attached hydrogens (primary N) is 1. The summed E-state index contributed by atoms with van der Waals surface area (Å²) in [4.78, 5) is 0. The largest absolute Gasteiger partial charge is 1.00 e. The van der Waals surface area contributed by atoms with Crippen molar-refractivity contribution in [1.29, 1.82) is 0 Å². The molecule has 0 aliphatic rings. The minimum atomic E-state index is 0. The molecule has 1 rings (SSSR count). The fourth-order valence-corrected chi connectivity index (χ4v) is 1.30. The summed E-state index contributed by atoms with van der Waals surface area (Å²) in [6.07, 6.45) is 0. The number of hydrogen-bond acceptors (Lipinski definition) is 2. The van der Waals surface area contributed by atoms with Gasteiger partial charge in [0.2, 0.25) is 0 Å². The maximum absolute atomic E-state index is 5.55. The van der Waals surface area contributed by atoms with Crippen LogP contribution in [0.1, 0.15) is 30.9 Å². The van der Waals surface area contributed by atoms with Crippen LogP contribution in [-0.2, 0) is 0 Å². The van der Waals surface area contributed by atoms with Crippen LogP contribution >= 0.6 is 0 Å². The summed E-state index contributed by atoms with van der Waals surface area (Å²) >= 11 is 0. The number of ether oxygens (including phenoxy) is 1. The lowest BCUT2D eigenvalue weighted by Gasteiger charge is -2.11. The van der Waals surface area contributed by atoms with Gasteiger partial charge in [-0.2, -0.15) is 0 Å². The maximum atomic E-state index is 5.55. The van der Waals surface area contributed by atoms with Crippen LogP contribution in [0.2, 0.25) is 0 Å². The molecule has 0 aliphatic carbocycles. The van der Waals surface area contributed by atoms with Crippen molar-refractivity contribution in [2.24, 2.45) is 5.73 Å². The Balaban J connectivity index is 0.00000196. The van der Waals surface area contributed by atoms with Gasteiger partial charge in [0, 0.05) is 6.54 Å². The first-order chi connectivity index (χ1) is 6.65. The predicted octanol–water partition coefficient (Wildman–Crippen LogP) is -0.540. The van der Waals surface area contributed by atoms with Crippen molar-refractivity contribution in [1.82, 2.24) is 0 Å². The Morgan fingerprint density at radius 3 is 2.53 bits per heavy atom. The summed E-state index contributed by atoms with van der Waals surface area (Å²) in [5.74, 6) is 1.50. The molecule has 0 atom stereocenters. The first-order valence-electron chi connectivity index (χ1n) is 5.08. The van der Waals surface area contributed by atoms with Crippen LogP contribution in [0.5, 0.6) is 5.75 Å². The zero-order valence-electron chi connectivity index (χ0n) is 9.59. The molecule has 0 saturated heterocycles. The number of benzene rings is 1. The van der Waals surface area contributed by atoms with Crippen LogP contribution in [0.25, 0.3) is 0 Å². The molecule has 0 amide bonds. The van der Waals surface area contributed by atoms with E-state index in [9.17, 15) is 0 Å². The van der Waals surface area contributed by atoms with E-state index in [-0.39, 0.29) is 12.4 Å². The standard InChI is InChI=1S/C12H19NO.ClH/c1-9(2)11-5-4-10(3)12(8-11)14-7-6-13;/h4-5,8-9H,6-7,13H2,1-3H3;1H/p-1. The highest BCUT2D eigenvalue weighted by atomic mass is 35.5. The molecule has 0 heterocycles. The van der Waals surface area contributed by atoms with Crippen LogP contribution in [0.15, 0.2) is 18.2 Å². The third-order valence-electron chi connectivity index (χ3n) is 2.25. The molecule has 0 aliphatic heterocycles. The van der Waals surface area contributed by atoms with E-state index < -0.39 is 0 Å². The number of halogens is 1. The van der Waals surface area contributed by atoms with Crippen molar-refractivity contribution < 1.29 is 17.1 Å². The Kier molecular flexibility index (Phi) is 6.37. The molecule has 0 radical (unpaired) electrons. The predicted molar refractivity (Wildman–Crippen MR) is 59.8 cm³/mol. The van der Waals surface area contributed by atoms with Gasteiger partial charge in [-0.3, -0.25) is 0 Å². The molecule has 0 unspecified atom stereocenters. The molecular weight excluding hydrogens is 210 g/mol. The van der Waals surface area contributed by atoms with Gasteiger partial charge in [-0.25, -0.2) is 0 Å². The minimum absolute atomic E-state index is 0. The van der Waals surface area contributed by atoms with E-state index in [2.05, 4.69) is 39.0 Å². The number of hydrogen-bond donors (Lipinski definition) is 1. The van der Waals surface area contributed by atoms with E-state index in [4.69, 9.17) is 10.5 Å². The molecule has 0 spiro atoms. The molecule has 0 saturated carbocycles. The second-order valence-electron chi connectivity index (χ2n) is 3.82. The molecule has 1 aromatic rings. The van der Waals surface area contributed by atoms with Crippen molar-refractivity contribution >= 4 is 0 Å². The Morgan fingerprint density at radius 1 is 1.33 bits per heavy atom. The van der Waals surface area contributed by atoms with Crippen molar-refractivity contribution in [3.05, 3.63) is 29.3 Å². The Bertz CT molecular complexity index is 300. The van der Waals surface area contributed by atoms with Gasteiger partial charge in [-0.15, -0.1) is 0 Å². The van der Waals surface area contributed by atoms with Crippen LogP contribution in [0.3, 0.4) is 0 Å². The highest BCUT2D eigenvalue weighted by molar-refractivity contribution is 5.37. The third-order valence-corrected chi connectivity index (χ3v) is 2.25. The van der Waals surface area contributed by atoms with E-state index in [1.165, 1.54) is 11.1 Å². The third kappa shape index (κ3) is 4.10. The first-order valence-corrected chi connectivity index (χ1v) is 5.08. The van der Waals surface area contributed by atoms with E-state index >= 15 is 0 Å². The molecule has 15 heavy (non-hydrogen) atoms. The summed E-state index contributed by atoms with van der Waals surface area (Å²) < 4.78 is 5.55. The van der Waals surface area contributed by atoms with Gasteiger partial charge < -0.3 is 22.9 Å². The van der Waals surface area contributed by atoms with Crippen molar-refractivity contribution in [3.8, 4) is 5.75 Å². The fourth-order valence-electron chi connectivity index (χ4n) is 1.30. The summed E-state index contributed by atoms with van der Waals surface area (Å²) in [6, 6.07) is 6.35. The van der Waals surface area contributed by atoms with E-state index in [0.717, 1.165) is 5.75 Å². The van der Waals surface area contributed by atoms with Gasteiger partial charge in [0.25, 0.3) is 0 Å². The smallest absolute Gasteiger partial charge is 0.122 e. The van der Waals surface area contributed by atoms with Crippen LogP contribution in [-0.4, -0.2) is 13.2 Å². The molecule has 0 aromatic heterocycles. The summed E-state index contributed by atoms with van der Waals surface area (Å²) in [5.41, 5.74) is 7.88. The fraction of sp³-hybridized carbons (Fsp3) is 0.500. The molecule has 1 aromatic carbocycles. The quantitative estimate of drug-likeness (QED) is 0.752. The monoisotopic (exact) mass is 228 g/mol. The normalized spacial score (nSPS) is 9.93. The minimum Gasteiger partial charge on any atom is -1.00 e. The first kappa shape index (κ1) is 14.3. The molecule has 3 heteroatoms. The van der Waals surface area contributed by atoms with E-state index in [1.54, 1.807) is 0 Å². The Labute approximate surface area is 98.2 Å². The lowest BCUT2D eigenvalue weighted by molar-refractivity contribution is -0.00000358. The average molecular weight is 229 g/mol. The van der Waals surface area contributed by atoms with Gasteiger partial charge in [0.05, 0.1) is 0 Å². The highest BCUT2D eigenvalue weighted by Gasteiger charge is 2.03. The summed E-state index contributed by atoms with van der Waals surface area (Å²) in [5, 5.41) is 0. The molecule has 0 bridgehead atoms. The van der Waals surface area contributed by atoms with Crippen LogP contribution in [0.4, 0.5) is 0 Å². The lowest BCUT2D eigenvalue weighted by atomic mass is 10.0. The van der Waals surface area contributed by atoms with Gasteiger partial charge in [-0.05, 0) is 30.0 Å². The summed E-state index contributed by atoms with van der Waals surface area (Å²) in [6.45, 7) is 7.55. The molecule has 0 fully saturated rings. The Morgan fingerprint density at radius 2 is 2.00 bits per heavy atom. The average Bonchev–Trinajstić information content (AvgIpc) is 2.16. The topological polar surface area (TPSA) is 35.2 Å². The molecule has 2 N–H and O–H groups in total. The lowest BCUT2D eigenvalue weighted by Crippen LogP contribution is -3.00. The van der Waals surface area contributed by atoms with Crippen molar-refractivity contribution in [2.75, 3.05) is 13.2 Å². The van der Waals surface area contributed by atoms with Gasteiger partial charge in [0.15, 0.2) is 0 Å². The maximum Gasteiger partial charge on any atom is 0.122 e. The Hall–Kier alpha value is -0.730. The molecule has 2 nitrogen and oxygen atoms in total. The zero-order chi connectivity index (χ0) is 10.6. The molecular formula is C12H19ClNO-. The van der Waals surface area contributed by atoms with Crippen molar-refractivity contribution in [3.63, 3.8) is 0 Å². The highest BCUT2D eigenvalue weighted by Crippen LogP contribution is 2.23. The van der Waals surface area contributed by atoms with Gasteiger partial charge >= 0.3 is 0 Å². The van der Waals surface area contributed by atoms with Crippen LogP contribution < -0.4 is 22.9 Å². The molecule has 86 valence electrons.